The number of amides is 2. The van der Waals surface area contributed by atoms with E-state index in [2.05, 4.69) is 5.32 Å². The third-order valence-electron chi connectivity index (χ3n) is 1.74. The summed E-state index contributed by atoms with van der Waals surface area (Å²) in [7, 11) is 3.37. The molecule has 0 aromatic carbocycles. The standard InChI is InChI=1S/C11H22N2O3/c1-8(7-9(14)13(5)6)12-10(15)16-11(2,3)4/h8H,7H2,1-6H3,(H,12,15)/t8-/m1/s1. The molecule has 0 unspecified atom stereocenters. The molecule has 5 heteroatoms. The van der Waals surface area contributed by atoms with Crippen LogP contribution in [0.3, 0.4) is 0 Å². The number of nitrogens with one attached hydrogen (secondary N) is 1. The molecule has 1 N–H and O–H groups in total. The number of carbonyl (C=O) groups excluding carboxylic acids is 2. The average molecular weight is 230 g/mol. The summed E-state index contributed by atoms with van der Waals surface area (Å²) in [5.74, 6) is -0.0245. The molecule has 0 fully saturated rings. The molecule has 0 radical (unpaired) electrons. The molecule has 0 aliphatic heterocycles. The zero-order valence-electron chi connectivity index (χ0n) is 11.0. The van der Waals surface area contributed by atoms with Gasteiger partial charge in [0.25, 0.3) is 0 Å². The smallest absolute Gasteiger partial charge is 0.407 e. The van der Waals surface area contributed by atoms with Crippen LogP contribution in [0.25, 0.3) is 0 Å². The summed E-state index contributed by atoms with van der Waals surface area (Å²) in [4.78, 5) is 24.2. The molecule has 2 amide bonds. The van der Waals surface area contributed by atoms with Crippen molar-refractivity contribution in [3.8, 4) is 0 Å². The van der Waals surface area contributed by atoms with E-state index in [1.807, 2.05) is 0 Å². The Morgan fingerprint density at radius 2 is 1.81 bits per heavy atom. The number of hydrogen-bond acceptors (Lipinski definition) is 3. The first kappa shape index (κ1) is 14.7. The van der Waals surface area contributed by atoms with Crippen molar-refractivity contribution >= 4 is 12.0 Å². The highest BCUT2D eigenvalue weighted by atomic mass is 16.6. The van der Waals surface area contributed by atoms with Gasteiger partial charge in [-0.05, 0) is 27.7 Å². The van der Waals surface area contributed by atoms with E-state index < -0.39 is 11.7 Å². The number of ether oxygens (including phenoxy) is 1. The van der Waals surface area contributed by atoms with Gasteiger partial charge < -0.3 is 15.0 Å². The molecule has 0 aliphatic rings. The summed E-state index contributed by atoms with van der Waals surface area (Å²) >= 11 is 0. The Balaban J connectivity index is 4.01. The van der Waals surface area contributed by atoms with Crippen molar-refractivity contribution in [1.82, 2.24) is 10.2 Å². The van der Waals surface area contributed by atoms with E-state index in [1.54, 1.807) is 41.8 Å². The molecular weight excluding hydrogens is 208 g/mol. The Labute approximate surface area is 97.1 Å². The fraction of sp³-hybridized carbons (Fsp3) is 0.818. The monoisotopic (exact) mass is 230 g/mol. The summed E-state index contributed by atoms with van der Waals surface area (Å²) in [6.45, 7) is 7.15. The van der Waals surface area contributed by atoms with Crippen molar-refractivity contribution in [2.45, 2.75) is 45.8 Å². The highest BCUT2D eigenvalue weighted by Gasteiger charge is 2.19. The van der Waals surface area contributed by atoms with Crippen LogP contribution < -0.4 is 5.32 Å². The molecule has 1 atom stereocenters. The molecule has 0 spiro atoms. The Morgan fingerprint density at radius 3 is 2.19 bits per heavy atom. The van der Waals surface area contributed by atoms with Crippen LogP contribution in [0.1, 0.15) is 34.1 Å². The van der Waals surface area contributed by atoms with Gasteiger partial charge in [-0.1, -0.05) is 0 Å². The molecule has 5 nitrogen and oxygen atoms in total. The van der Waals surface area contributed by atoms with Gasteiger partial charge in [0.1, 0.15) is 5.60 Å². The van der Waals surface area contributed by atoms with Crippen molar-refractivity contribution in [3.05, 3.63) is 0 Å². The molecule has 0 saturated heterocycles. The van der Waals surface area contributed by atoms with Crippen molar-refractivity contribution < 1.29 is 14.3 Å². The highest BCUT2D eigenvalue weighted by Crippen LogP contribution is 2.07. The summed E-state index contributed by atoms with van der Waals surface area (Å²) in [6.07, 6.45) is -0.224. The lowest BCUT2D eigenvalue weighted by molar-refractivity contribution is -0.129. The van der Waals surface area contributed by atoms with Crippen molar-refractivity contribution in [1.29, 1.82) is 0 Å². The zero-order valence-corrected chi connectivity index (χ0v) is 11.0. The largest absolute Gasteiger partial charge is 0.444 e. The van der Waals surface area contributed by atoms with Gasteiger partial charge in [-0.2, -0.15) is 0 Å². The van der Waals surface area contributed by atoms with Gasteiger partial charge in [-0.15, -0.1) is 0 Å². The SMILES string of the molecule is C[C@H](CC(=O)N(C)C)NC(=O)OC(C)(C)C. The van der Waals surface area contributed by atoms with Crippen LogP contribution in [0.5, 0.6) is 0 Å². The maximum Gasteiger partial charge on any atom is 0.407 e. The first-order chi connectivity index (χ1) is 7.11. The maximum absolute atomic E-state index is 11.4. The first-order valence-corrected chi connectivity index (χ1v) is 5.31. The van der Waals surface area contributed by atoms with Crippen LogP contribution in [0.2, 0.25) is 0 Å². The van der Waals surface area contributed by atoms with E-state index in [0.717, 1.165) is 0 Å². The van der Waals surface area contributed by atoms with Gasteiger partial charge in [-0.3, -0.25) is 4.79 Å². The van der Waals surface area contributed by atoms with Gasteiger partial charge >= 0.3 is 6.09 Å². The summed E-state index contributed by atoms with van der Waals surface area (Å²) in [5.41, 5.74) is -0.518. The summed E-state index contributed by atoms with van der Waals surface area (Å²) in [6, 6.07) is -0.232. The Bertz CT molecular complexity index is 256. The van der Waals surface area contributed by atoms with E-state index in [-0.39, 0.29) is 18.4 Å². The Morgan fingerprint density at radius 1 is 1.31 bits per heavy atom. The molecule has 0 heterocycles. The van der Waals surface area contributed by atoms with Crippen LogP contribution in [-0.2, 0) is 9.53 Å². The molecule has 0 saturated carbocycles. The van der Waals surface area contributed by atoms with Crippen molar-refractivity contribution in [3.63, 3.8) is 0 Å². The lowest BCUT2D eigenvalue weighted by Gasteiger charge is -2.22. The van der Waals surface area contributed by atoms with E-state index in [0.29, 0.717) is 0 Å². The molecule has 16 heavy (non-hydrogen) atoms. The normalized spacial score (nSPS) is 12.9. The number of rotatable bonds is 3. The van der Waals surface area contributed by atoms with Gasteiger partial charge in [0.05, 0.1) is 0 Å². The van der Waals surface area contributed by atoms with E-state index in [4.69, 9.17) is 4.74 Å². The molecule has 0 rings (SSSR count). The third kappa shape index (κ3) is 7.09. The lowest BCUT2D eigenvalue weighted by Crippen LogP contribution is -2.40. The second-order valence-electron chi connectivity index (χ2n) is 5.04. The minimum absolute atomic E-state index is 0.0245. The number of nitrogens with zero attached hydrogens (tertiary/aromatic N) is 1. The quantitative estimate of drug-likeness (QED) is 0.796. The molecular formula is C11H22N2O3. The first-order valence-electron chi connectivity index (χ1n) is 5.31. The molecule has 0 aromatic rings. The van der Waals surface area contributed by atoms with E-state index in [9.17, 15) is 9.59 Å². The maximum atomic E-state index is 11.4. The highest BCUT2D eigenvalue weighted by molar-refractivity contribution is 5.77. The number of carbonyl (C=O) groups is 2. The molecule has 0 aromatic heterocycles. The second-order valence-corrected chi connectivity index (χ2v) is 5.04. The predicted molar refractivity (Wildman–Crippen MR) is 62.1 cm³/mol. The molecule has 0 aliphatic carbocycles. The fourth-order valence-electron chi connectivity index (χ4n) is 1.00. The van der Waals surface area contributed by atoms with Crippen LogP contribution in [0, 0.1) is 0 Å². The third-order valence-corrected chi connectivity index (χ3v) is 1.74. The second kappa shape index (κ2) is 5.72. The summed E-state index contributed by atoms with van der Waals surface area (Å²) in [5, 5.41) is 2.61. The number of alkyl carbamates (subject to hydrolysis) is 1. The topological polar surface area (TPSA) is 58.6 Å². The van der Waals surface area contributed by atoms with E-state index in [1.165, 1.54) is 4.90 Å². The molecule has 94 valence electrons. The van der Waals surface area contributed by atoms with Crippen molar-refractivity contribution in [2.24, 2.45) is 0 Å². The number of hydrogen-bond donors (Lipinski definition) is 1. The van der Waals surface area contributed by atoms with E-state index >= 15 is 0 Å². The lowest BCUT2D eigenvalue weighted by atomic mass is 10.2. The minimum Gasteiger partial charge on any atom is -0.444 e. The van der Waals surface area contributed by atoms with Gasteiger partial charge in [0.2, 0.25) is 5.91 Å². The zero-order chi connectivity index (χ0) is 12.9. The molecule has 0 bridgehead atoms. The minimum atomic E-state index is -0.518. The van der Waals surface area contributed by atoms with Gasteiger partial charge in [-0.25, -0.2) is 4.79 Å². The van der Waals surface area contributed by atoms with Crippen LogP contribution in [-0.4, -0.2) is 42.6 Å². The van der Waals surface area contributed by atoms with Crippen LogP contribution in [0.4, 0.5) is 4.79 Å². The van der Waals surface area contributed by atoms with Gasteiger partial charge in [0, 0.05) is 26.6 Å². The Kier molecular flexibility index (Phi) is 5.27. The fourth-order valence-corrected chi connectivity index (χ4v) is 1.00. The average Bonchev–Trinajstić information content (AvgIpc) is 1.98. The van der Waals surface area contributed by atoms with Gasteiger partial charge in [0.15, 0.2) is 0 Å². The van der Waals surface area contributed by atoms with Crippen LogP contribution in [0.15, 0.2) is 0 Å². The van der Waals surface area contributed by atoms with Crippen LogP contribution >= 0.6 is 0 Å². The summed E-state index contributed by atoms with van der Waals surface area (Å²) < 4.78 is 5.08. The predicted octanol–water partition coefficient (Wildman–Crippen LogP) is 1.38. The Hall–Kier alpha value is -1.26. The van der Waals surface area contributed by atoms with Crippen molar-refractivity contribution in [2.75, 3.05) is 14.1 Å².